The molecule has 2 heterocycles. The minimum absolute atomic E-state index is 0.0481. The molecule has 0 aliphatic carbocycles. The second kappa shape index (κ2) is 11.5. The van der Waals surface area contributed by atoms with Crippen molar-refractivity contribution in [2.24, 2.45) is 0 Å². The number of nitrogen functional groups attached to an aromatic ring is 1. The molecule has 0 fully saturated rings. The van der Waals surface area contributed by atoms with E-state index in [9.17, 15) is 35.3 Å². The van der Waals surface area contributed by atoms with E-state index in [-0.39, 0.29) is 30.6 Å². The topological polar surface area (TPSA) is 99.8 Å². The summed E-state index contributed by atoms with van der Waals surface area (Å²) in [5.74, 6) is -1.13. The number of anilines is 2. The van der Waals surface area contributed by atoms with Crippen LogP contribution in [0.25, 0.3) is 0 Å². The number of fused-ring (bicyclic) bond motifs is 1. The maximum Gasteiger partial charge on any atom is 0.485 e. The van der Waals surface area contributed by atoms with Gasteiger partial charge in [-0.15, -0.1) is 0 Å². The minimum atomic E-state index is -5.19. The second-order valence-corrected chi connectivity index (χ2v) is 10.7. The third-order valence-corrected chi connectivity index (χ3v) is 7.67. The van der Waals surface area contributed by atoms with Gasteiger partial charge in [0.15, 0.2) is 0 Å². The molecule has 3 N–H and O–H groups in total. The number of hydrogen-bond donors (Lipinski definition) is 2. The van der Waals surface area contributed by atoms with Gasteiger partial charge in [0.2, 0.25) is 11.0 Å². The molecule has 3 aromatic rings. The lowest BCUT2D eigenvalue weighted by Crippen LogP contribution is -2.44. The Labute approximate surface area is 227 Å². The maximum atomic E-state index is 14.0. The van der Waals surface area contributed by atoms with Crippen LogP contribution in [0, 0.1) is 0 Å². The van der Waals surface area contributed by atoms with Crippen molar-refractivity contribution in [3.63, 3.8) is 0 Å². The molecule has 0 saturated heterocycles. The molecular weight excluding hydrogens is 562 g/mol. The Kier molecular flexibility index (Phi) is 8.40. The van der Waals surface area contributed by atoms with Gasteiger partial charge in [-0.05, 0) is 54.8 Å². The summed E-state index contributed by atoms with van der Waals surface area (Å²) in [4.78, 5) is 16.9. The molecule has 7 nitrogen and oxygen atoms in total. The van der Waals surface area contributed by atoms with Crippen LogP contribution in [0.2, 0.25) is 0 Å². The van der Waals surface area contributed by atoms with Gasteiger partial charge in [0, 0.05) is 42.3 Å². The van der Waals surface area contributed by atoms with E-state index in [0.29, 0.717) is 21.2 Å². The average molecular weight is 587 g/mol. The number of carboxylic acid groups (broad SMARTS) is 1. The monoisotopic (exact) mass is 586 g/mol. The molecule has 1 aromatic heterocycles. The minimum Gasteiger partial charge on any atom is -0.478 e. The van der Waals surface area contributed by atoms with Crippen molar-refractivity contribution < 1.29 is 40.5 Å². The quantitative estimate of drug-likeness (QED) is 0.361. The second-order valence-electron chi connectivity index (χ2n) is 9.22. The molecule has 2 unspecified atom stereocenters. The number of aromatic nitrogens is 1. The van der Waals surface area contributed by atoms with Crippen LogP contribution in [0.1, 0.15) is 39.2 Å². The van der Waals surface area contributed by atoms with Crippen molar-refractivity contribution >= 4 is 28.3 Å². The Bertz CT molecular complexity index is 1400. The molecule has 4 rings (SSSR count). The number of carboxylic acids is 1. The summed E-state index contributed by atoms with van der Waals surface area (Å²) < 4.78 is 95.9. The largest absolute Gasteiger partial charge is 0.485 e. The maximum absolute atomic E-state index is 14.0. The van der Waals surface area contributed by atoms with Crippen LogP contribution in [-0.4, -0.2) is 42.7 Å². The Balaban J connectivity index is 1.80. The van der Waals surface area contributed by atoms with E-state index in [1.807, 2.05) is 0 Å². The number of alkyl halides is 6. The van der Waals surface area contributed by atoms with E-state index >= 15 is 0 Å². The van der Waals surface area contributed by atoms with Crippen LogP contribution < -0.4 is 10.6 Å². The lowest BCUT2D eigenvalue weighted by atomic mass is 10.0. The molecule has 0 bridgehead atoms. The lowest BCUT2D eigenvalue weighted by molar-refractivity contribution is -0.138. The fourth-order valence-corrected chi connectivity index (χ4v) is 5.53. The Morgan fingerprint density at radius 2 is 1.77 bits per heavy atom. The van der Waals surface area contributed by atoms with Crippen molar-refractivity contribution in [2.45, 2.75) is 43.7 Å². The van der Waals surface area contributed by atoms with E-state index < -0.39 is 58.9 Å². The van der Waals surface area contributed by atoms with Gasteiger partial charge in [0.05, 0.1) is 23.4 Å². The SMILES string of the molecule is Nc1ccnc(CN2c3cccc(C(F)(F)F)c3CN(S(=O)C(F)(F)F)CC2CCc2ccc(C(=O)O)cc2)c1. The predicted octanol–water partition coefficient (Wildman–Crippen LogP) is 5.39. The lowest BCUT2D eigenvalue weighted by Gasteiger charge is -2.34. The van der Waals surface area contributed by atoms with Crippen LogP contribution in [-0.2, 0) is 36.7 Å². The fraction of sp³-hybridized carbons (Fsp3) is 0.308. The molecule has 1 aliphatic heterocycles. The van der Waals surface area contributed by atoms with Crippen LogP contribution >= 0.6 is 0 Å². The van der Waals surface area contributed by atoms with Crippen LogP contribution in [0.5, 0.6) is 0 Å². The molecule has 40 heavy (non-hydrogen) atoms. The molecule has 0 radical (unpaired) electrons. The first kappa shape index (κ1) is 29.3. The highest BCUT2D eigenvalue weighted by Crippen LogP contribution is 2.41. The fourth-order valence-electron chi connectivity index (χ4n) is 4.69. The highest BCUT2D eigenvalue weighted by atomic mass is 32.2. The number of nitrogens with two attached hydrogens (primary N) is 1. The third-order valence-electron chi connectivity index (χ3n) is 6.53. The number of hydrogen-bond acceptors (Lipinski definition) is 5. The Hall–Kier alpha value is -3.65. The summed E-state index contributed by atoms with van der Waals surface area (Å²) in [6.07, 6.45) is -3.05. The zero-order valence-corrected chi connectivity index (χ0v) is 21.6. The number of halogens is 6. The van der Waals surface area contributed by atoms with Crippen LogP contribution in [0.15, 0.2) is 60.8 Å². The van der Waals surface area contributed by atoms with Crippen molar-refractivity contribution in [3.05, 3.63) is 88.7 Å². The van der Waals surface area contributed by atoms with Gasteiger partial charge >= 0.3 is 17.7 Å². The zero-order valence-electron chi connectivity index (χ0n) is 20.7. The number of nitrogens with zero attached hydrogens (tertiary/aromatic N) is 3. The normalized spacial score (nSPS) is 17.2. The van der Waals surface area contributed by atoms with Gasteiger partial charge in [0.25, 0.3) is 0 Å². The predicted molar refractivity (Wildman–Crippen MR) is 136 cm³/mol. The van der Waals surface area contributed by atoms with Crippen LogP contribution in [0.3, 0.4) is 0 Å². The molecule has 0 amide bonds. The molecule has 0 saturated carbocycles. The van der Waals surface area contributed by atoms with Gasteiger partial charge in [-0.3, -0.25) is 4.98 Å². The number of rotatable bonds is 7. The number of carbonyl (C=O) groups is 1. The first-order valence-corrected chi connectivity index (χ1v) is 13.1. The van der Waals surface area contributed by atoms with Gasteiger partial charge in [-0.25, -0.2) is 13.3 Å². The van der Waals surface area contributed by atoms with Crippen LogP contribution in [0.4, 0.5) is 37.7 Å². The summed E-state index contributed by atoms with van der Waals surface area (Å²) >= 11 is 0. The van der Waals surface area contributed by atoms with Crippen molar-refractivity contribution in [1.29, 1.82) is 0 Å². The molecule has 14 heteroatoms. The summed E-state index contributed by atoms with van der Waals surface area (Å²) in [5.41, 5.74) is 0.621. The van der Waals surface area contributed by atoms with Crippen molar-refractivity contribution in [1.82, 2.24) is 9.29 Å². The first-order chi connectivity index (χ1) is 18.7. The zero-order chi connectivity index (χ0) is 29.2. The number of benzene rings is 2. The molecule has 1 aliphatic rings. The van der Waals surface area contributed by atoms with E-state index in [1.165, 1.54) is 42.6 Å². The smallest absolute Gasteiger partial charge is 0.478 e. The standard InChI is InChI=1S/C26H24F6N4O3S/c27-25(28,29)22-2-1-3-23-21(22)15-35(40(39)26(30,31)32)14-20(36(23)13-19-12-18(33)10-11-34-19)9-6-16-4-7-17(8-5-16)24(37)38/h1-5,7-8,10-12,20H,6,9,13-15H2,(H2,33,34)(H,37,38). The van der Waals surface area contributed by atoms with E-state index in [4.69, 9.17) is 10.8 Å². The highest BCUT2D eigenvalue weighted by molar-refractivity contribution is 7.83. The Morgan fingerprint density at radius 1 is 1.07 bits per heavy atom. The third kappa shape index (κ3) is 6.73. The highest BCUT2D eigenvalue weighted by Gasteiger charge is 2.45. The molecule has 2 aromatic carbocycles. The molecular formula is C26H24F6N4O3S. The molecule has 2 atom stereocenters. The number of pyridine rings is 1. The van der Waals surface area contributed by atoms with Gasteiger partial charge in [0.1, 0.15) is 0 Å². The van der Waals surface area contributed by atoms with Gasteiger partial charge in [-0.2, -0.15) is 26.3 Å². The number of aromatic carboxylic acids is 1. The Morgan fingerprint density at radius 3 is 2.38 bits per heavy atom. The molecule has 0 spiro atoms. The van der Waals surface area contributed by atoms with E-state index in [0.717, 1.165) is 6.07 Å². The summed E-state index contributed by atoms with van der Waals surface area (Å²) in [6, 6.07) is 11.5. The number of aryl methyl sites for hydroxylation is 1. The van der Waals surface area contributed by atoms with E-state index in [2.05, 4.69) is 4.98 Å². The van der Waals surface area contributed by atoms with Crippen molar-refractivity contribution in [2.75, 3.05) is 17.2 Å². The van der Waals surface area contributed by atoms with Crippen molar-refractivity contribution in [3.8, 4) is 0 Å². The summed E-state index contributed by atoms with van der Waals surface area (Å²) in [7, 11) is -3.58. The van der Waals surface area contributed by atoms with Gasteiger partial charge < -0.3 is 15.7 Å². The van der Waals surface area contributed by atoms with E-state index in [1.54, 1.807) is 17.0 Å². The summed E-state index contributed by atoms with van der Waals surface area (Å²) in [6.45, 7) is -1.39. The average Bonchev–Trinajstić information content (AvgIpc) is 3.03. The summed E-state index contributed by atoms with van der Waals surface area (Å²) in [5, 5.41) is 9.13. The molecule has 214 valence electrons. The van der Waals surface area contributed by atoms with Gasteiger partial charge in [-0.1, -0.05) is 18.2 Å². The first-order valence-electron chi connectivity index (χ1n) is 12.0.